The summed E-state index contributed by atoms with van der Waals surface area (Å²) < 4.78 is 27.5. The standard InChI is InChI=1S/C20H17F2N3O/c1-2-13-6-8-14(9-7-13)25-20(26)18-12-15(10-11-23-18)24-19-16(21)4-3-5-17(19)22/h3-12H,2H2,1H3,(H,23,24)(H,25,26). The molecule has 4 nitrogen and oxygen atoms in total. The number of nitrogens with zero attached hydrogens (tertiary/aromatic N) is 1. The topological polar surface area (TPSA) is 54.0 Å². The van der Waals surface area contributed by atoms with Gasteiger partial charge in [0.1, 0.15) is 23.0 Å². The number of carbonyl (C=O) groups is 1. The third kappa shape index (κ3) is 4.03. The second-order valence-corrected chi connectivity index (χ2v) is 5.66. The van der Waals surface area contributed by atoms with E-state index in [2.05, 4.69) is 22.5 Å². The maximum absolute atomic E-state index is 13.7. The maximum atomic E-state index is 13.7. The smallest absolute Gasteiger partial charge is 0.274 e. The number of amides is 1. The van der Waals surface area contributed by atoms with Crippen LogP contribution in [-0.2, 0) is 6.42 Å². The summed E-state index contributed by atoms with van der Waals surface area (Å²) in [5.74, 6) is -1.85. The van der Waals surface area contributed by atoms with Crippen LogP contribution in [0.5, 0.6) is 0 Å². The zero-order valence-electron chi connectivity index (χ0n) is 14.1. The molecule has 0 saturated heterocycles. The van der Waals surface area contributed by atoms with Crippen LogP contribution in [-0.4, -0.2) is 10.9 Å². The highest BCUT2D eigenvalue weighted by Gasteiger charge is 2.12. The first kappa shape index (κ1) is 17.5. The van der Waals surface area contributed by atoms with Gasteiger partial charge in [-0.05, 0) is 48.4 Å². The van der Waals surface area contributed by atoms with E-state index in [9.17, 15) is 13.6 Å². The van der Waals surface area contributed by atoms with Crippen molar-refractivity contribution in [3.05, 3.63) is 83.7 Å². The summed E-state index contributed by atoms with van der Waals surface area (Å²) in [5.41, 5.74) is 2.02. The highest BCUT2D eigenvalue weighted by molar-refractivity contribution is 6.03. The van der Waals surface area contributed by atoms with Gasteiger partial charge in [0, 0.05) is 17.6 Å². The molecule has 0 spiro atoms. The van der Waals surface area contributed by atoms with Crippen molar-refractivity contribution in [2.24, 2.45) is 0 Å². The summed E-state index contributed by atoms with van der Waals surface area (Å²) in [6, 6.07) is 14.0. The van der Waals surface area contributed by atoms with Gasteiger partial charge in [-0.1, -0.05) is 25.1 Å². The number of benzene rings is 2. The number of carbonyl (C=O) groups excluding carboxylic acids is 1. The summed E-state index contributed by atoms with van der Waals surface area (Å²) >= 11 is 0. The zero-order valence-corrected chi connectivity index (χ0v) is 14.1. The Bertz CT molecular complexity index is 906. The Labute approximate surface area is 149 Å². The van der Waals surface area contributed by atoms with Crippen LogP contribution in [0.25, 0.3) is 0 Å². The number of hydrogen-bond acceptors (Lipinski definition) is 3. The van der Waals surface area contributed by atoms with E-state index < -0.39 is 17.5 Å². The molecule has 1 aromatic heterocycles. The van der Waals surface area contributed by atoms with Gasteiger partial charge in [-0.3, -0.25) is 9.78 Å². The quantitative estimate of drug-likeness (QED) is 0.685. The van der Waals surface area contributed by atoms with E-state index in [1.165, 1.54) is 30.0 Å². The van der Waals surface area contributed by atoms with Crippen molar-refractivity contribution in [2.75, 3.05) is 10.6 Å². The Morgan fingerprint density at radius 2 is 1.69 bits per heavy atom. The maximum Gasteiger partial charge on any atom is 0.274 e. The highest BCUT2D eigenvalue weighted by atomic mass is 19.1. The molecule has 0 saturated carbocycles. The predicted octanol–water partition coefficient (Wildman–Crippen LogP) is 4.92. The van der Waals surface area contributed by atoms with E-state index in [1.807, 2.05) is 24.3 Å². The van der Waals surface area contributed by atoms with E-state index in [1.54, 1.807) is 0 Å². The van der Waals surface area contributed by atoms with Crippen LogP contribution in [0.1, 0.15) is 23.0 Å². The van der Waals surface area contributed by atoms with E-state index in [0.29, 0.717) is 11.4 Å². The largest absolute Gasteiger partial charge is 0.351 e. The number of aromatic nitrogens is 1. The van der Waals surface area contributed by atoms with Gasteiger partial charge in [-0.2, -0.15) is 0 Å². The van der Waals surface area contributed by atoms with E-state index in [4.69, 9.17) is 0 Å². The fraction of sp³-hybridized carbons (Fsp3) is 0.100. The lowest BCUT2D eigenvalue weighted by Crippen LogP contribution is -2.14. The molecular formula is C20H17F2N3O. The molecule has 1 amide bonds. The monoisotopic (exact) mass is 353 g/mol. The highest BCUT2D eigenvalue weighted by Crippen LogP contribution is 2.23. The first-order chi connectivity index (χ1) is 12.6. The number of anilines is 3. The molecule has 0 radical (unpaired) electrons. The van der Waals surface area contributed by atoms with Gasteiger partial charge >= 0.3 is 0 Å². The van der Waals surface area contributed by atoms with E-state index in [-0.39, 0.29) is 11.4 Å². The number of rotatable bonds is 5. The summed E-state index contributed by atoms with van der Waals surface area (Å²) in [5, 5.41) is 5.39. The molecule has 0 bridgehead atoms. The van der Waals surface area contributed by atoms with Crippen molar-refractivity contribution in [3.63, 3.8) is 0 Å². The van der Waals surface area contributed by atoms with E-state index in [0.717, 1.165) is 18.6 Å². The Kier molecular flexibility index (Phi) is 5.22. The second-order valence-electron chi connectivity index (χ2n) is 5.66. The van der Waals surface area contributed by atoms with Crippen LogP contribution in [0, 0.1) is 11.6 Å². The molecule has 26 heavy (non-hydrogen) atoms. The van der Waals surface area contributed by atoms with Gasteiger partial charge in [0.25, 0.3) is 5.91 Å². The van der Waals surface area contributed by atoms with E-state index >= 15 is 0 Å². The molecule has 0 aliphatic heterocycles. The van der Waals surface area contributed by atoms with Crippen LogP contribution in [0.2, 0.25) is 0 Å². The number of nitrogens with one attached hydrogen (secondary N) is 2. The van der Waals surface area contributed by atoms with Crippen LogP contribution >= 0.6 is 0 Å². The number of para-hydroxylation sites is 1. The van der Waals surface area contributed by atoms with Crippen molar-refractivity contribution >= 4 is 23.0 Å². The minimum absolute atomic E-state index is 0.131. The molecule has 3 rings (SSSR count). The summed E-state index contributed by atoms with van der Waals surface area (Å²) in [4.78, 5) is 16.4. The van der Waals surface area contributed by atoms with Gasteiger partial charge in [0.2, 0.25) is 0 Å². The second kappa shape index (κ2) is 7.74. The fourth-order valence-electron chi connectivity index (χ4n) is 2.41. The minimum Gasteiger partial charge on any atom is -0.351 e. The molecule has 0 atom stereocenters. The van der Waals surface area contributed by atoms with Crippen LogP contribution in [0.3, 0.4) is 0 Å². The van der Waals surface area contributed by atoms with Crippen molar-refractivity contribution in [3.8, 4) is 0 Å². The lowest BCUT2D eigenvalue weighted by atomic mass is 10.1. The molecule has 0 aliphatic carbocycles. The van der Waals surface area contributed by atoms with Gasteiger partial charge in [-0.25, -0.2) is 8.78 Å². The fourth-order valence-corrected chi connectivity index (χ4v) is 2.41. The number of pyridine rings is 1. The lowest BCUT2D eigenvalue weighted by molar-refractivity contribution is 0.102. The third-order valence-electron chi connectivity index (χ3n) is 3.84. The predicted molar refractivity (Wildman–Crippen MR) is 97.7 cm³/mol. The molecule has 132 valence electrons. The number of halogens is 2. The minimum atomic E-state index is -0.719. The third-order valence-corrected chi connectivity index (χ3v) is 3.84. The lowest BCUT2D eigenvalue weighted by Gasteiger charge is -2.10. The molecule has 3 aromatic rings. The summed E-state index contributed by atoms with van der Waals surface area (Å²) in [7, 11) is 0. The average molecular weight is 353 g/mol. The van der Waals surface area contributed by atoms with Crippen LogP contribution in [0.15, 0.2) is 60.8 Å². The Morgan fingerprint density at radius 1 is 1.00 bits per heavy atom. The van der Waals surface area contributed by atoms with Gasteiger partial charge in [0.05, 0.1) is 0 Å². The first-order valence-electron chi connectivity index (χ1n) is 8.14. The Morgan fingerprint density at radius 3 is 2.35 bits per heavy atom. The summed E-state index contributed by atoms with van der Waals surface area (Å²) in [6.07, 6.45) is 2.31. The van der Waals surface area contributed by atoms with Crippen LogP contribution < -0.4 is 10.6 Å². The molecule has 0 aliphatic rings. The van der Waals surface area contributed by atoms with Gasteiger partial charge in [0.15, 0.2) is 0 Å². The van der Waals surface area contributed by atoms with Gasteiger partial charge < -0.3 is 10.6 Å². The summed E-state index contributed by atoms with van der Waals surface area (Å²) in [6.45, 7) is 2.05. The molecule has 2 N–H and O–H groups in total. The molecule has 1 heterocycles. The SMILES string of the molecule is CCc1ccc(NC(=O)c2cc(Nc3c(F)cccc3F)ccn2)cc1. The first-order valence-corrected chi connectivity index (χ1v) is 8.14. The van der Waals surface area contributed by atoms with Crippen molar-refractivity contribution in [1.29, 1.82) is 0 Å². The zero-order chi connectivity index (χ0) is 18.5. The molecule has 0 unspecified atom stereocenters. The van der Waals surface area contributed by atoms with Gasteiger partial charge in [-0.15, -0.1) is 0 Å². The van der Waals surface area contributed by atoms with Crippen molar-refractivity contribution in [2.45, 2.75) is 13.3 Å². The van der Waals surface area contributed by atoms with Crippen LogP contribution in [0.4, 0.5) is 25.8 Å². The average Bonchev–Trinajstić information content (AvgIpc) is 2.66. The number of aryl methyl sites for hydroxylation is 1. The Balaban J connectivity index is 1.76. The van der Waals surface area contributed by atoms with Crippen molar-refractivity contribution in [1.82, 2.24) is 4.98 Å². The number of hydrogen-bond donors (Lipinski definition) is 2. The normalized spacial score (nSPS) is 10.4. The molecule has 6 heteroatoms. The molecule has 2 aromatic carbocycles. The molecule has 0 fully saturated rings. The molecular weight excluding hydrogens is 336 g/mol. The van der Waals surface area contributed by atoms with Crippen molar-refractivity contribution < 1.29 is 13.6 Å². The Hall–Kier alpha value is -3.28.